The summed E-state index contributed by atoms with van der Waals surface area (Å²) in [5.74, 6) is 0.318. The Balaban J connectivity index is 1.52. The van der Waals surface area contributed by atoms with Crippen molar-refractivity contribution in [3.63, 3.8) is 0 Å². The predicted octanol–water partition coefficient (Wildman–Crippen LogP) is 2.91. The first-order valence-electron chi connectivity index (χ1n) is 9.39. The third kappa shape index (κ3) is 3.92. The number of rotatable bonds is 3. The maximum absolute atomic E-state index is 12.8. The molecular formula is C20H31N3O. The lowest BCUT2D eigenvalue weighted by Gasteiger charge is -2.41. The van der Waals surface area contributed by atoms with Crippen molar-refractivity contribution in [3.8, 4) is 0 Å². The zero-order valence-electron chi connectivity index (χ0n) is 15.4. The van der Waals surface area contributed by atoms with Crippen LogP contribution in [0.4, 0.5) is 5.69 Å². The van der Waals surface area contributed by atoms with E-state index >= 15 is 0 Å². The Hall–Kier alpha value is -1.55. The fraction of sp³-hybridized carbons (Fsp3) is 0.650. The van der Waals surface area contributed by atoms with E-state index in [0.717, 1.165) is 39.0 Å². The Morgan fingerprint density at radius 2 is 1.75 bits per heavy atom. The molecule has 4 heteroatoms. The van der Waals surface area contributed by atoms with Gasteiger partial charge in [0.05, 0.1) is 6.54 Å². The second-order valence-corrected chi connectivity index (χ2v) is 7.53. The summed E-state index contributed by atoms with van der Waals surface area (Å²) >= 11 is 0. The molecule has 132 valence electrons. The van der Waals surface area contributed by atoms with Gasteiger partial charge in [-0.3, -0.25) is 9.69 Å². The van der Waals surface area contributed by atoms with Crippen LogP contribution in [-0.2, 0) is 4.79 Å². The van der Waals surface area contributed by atoms with Gasteiger partial charge in [-0.05, 0) is 57.7 Å². The Morgan fingerprint density at radius 3 is 2.38 bits per heavy atom. The van der Waals surface area contributed by atoms with Gasteiger partial charge in [0.2, 0.25) is 5.91 Å². The topological polar surface area (TPSA) is 26.8 Å². The zero-order valence-corrected chi connectivity index (χ0v) is 15.4. The number of nitrogens with zero attached hydrogens (tertiary/aromatic N) is 3. The molecule has 2 aliphatic heterocycles. The molecule has 24 heavy (non-hydrogen) atoms. The molecule has 0 radical (unpaired) electrons. The molecule has 0 N–H and O–H groups in total. The van der Waals surface area contributed by atoms with E-state index in [9.17, 15) is 4.79 Å². The molecule has 0 spiro atoms. The van der Waals surface area contributed by atoms with Crippen LogP contribution in [0.3, 0.4) is 0 Å². The minimum Gasteiger partial charge on any atom is -0.369 e. The first-order chi connectivity index (χ1) is 11.5. The number of hydrogen-bond acceptors (Lipinski definition) is 3. The first-order valence-corrected chi connectivity index (χ1v) is 9.39. The highest BCUT2D eigenvalue weighted by atomic mass is 16.2. The SMILES string of the molecule is Cc1cccc(N2CCN(CC(=O)N3C(C)CCCC3C)CC2)c1. The summed E-state index contributed by atoms with van der Waals surface area (Å²) in [5, 5.41) is 0. The number of piperidine rings is 1. The molecule has 0 aromatic heterocycles. The van der Waals surface area contributed by atoms with E-state index in [1.54, 1.807) is 0 Å². The zero-order chi connectivity index (χ0) is 17.1. The van der Waals surface area contributed by atoms with Crippen LogP contribution in [0.5, 0.6) is 0 Å². The van der Waals surface area contributed by atoms with Gasteiger partial charge in [-0.1, -0.05) is 12.1 Å². The quantitative estimate of drug-likeness (QED) is 0.853. The summed E-state index contributed by atoms with van der Waals surface area (Å²) in [6.45, 7) is 11.1. The fourth-order valence-corrected chi connectivity index (χ4v) is 4.17. The second-order valence-electron chi connectivity index (χ2n) is 7.53. The van der Waals surface area contributed by atoms with Gasteiger partial charge >= 0.3 is 0 Å². The lowest BCUT2D eigenvalue weighted by atomic mass is 9.97. The van der Waals surface area contributed by atoms with Crippen LogP contribution in [0.2, 0.25) is 0 Å². The van der Waals surface area contributed by atoms with Gasteiger partial charge < -0.3 is 9.80 Å². The third-order valence-electron chi connectivity index (χ3n) is 5.58. The number of carbonyl (C=O) groups excluding carboxylic acids is 1. The van der Waals surface area contributed by atoms with E-state index in [2.05, 4.69) is 59.7 Å². The normalized spacial score (nSPS) is 25.8. The maximum Gasteiger partial charge on any atom is 0.237 e. The Labute approximate surface area is 146 Å². The van der Waals surface area contributed by atoms with Gasteiger partial charge in [-0.2, -0.15) is 0 Å². The van der Waals surface area contributed by atoms with Crippen molar-refractivity contribution in [1.82, 2.24) is 9.80 Å². The van der Waals surface area contributed by atoms with Crippen molar-refractivity contribution < 1.29 is 4.79 Å². The number of anilines is 1. The van der Waals surface area contributed by atoms with E-state index in [0.29, 0.717) is 24.5 Å². The number of aryl methyl sites for hydroxylation is 1. The van der Waals surface area contributed by atoms with Crippen molar-refractivity contribution in [2.75, 3.05) is 37.6 Å². The van der Waals surface area contributed by atoms with Gasteiger partial charge in [0.1, 0.15) is 0 Å². The Kier molecular flexibility index (Phi) is 5.44. The molecule has 2 fully saturated rings. The number of benzene rings is 1. The molecule has 1 amide bonds. The van der Waals surface area contributed by atoms with E-state index < -0.39 is 0 Å². The first kappa shape index (κ1) is 17.3. The number of likely N-dealkylation sites (tertiary alicyclic amines) is 1. The van der Waals surface area contributed by atoms with E-state index in [1.807, 2.05) is 0 Å². The highest BCUT2D eigenvalue weighted by Gasteiger charge is 2.30. The molecule has 4 nitrogen and oxygen atoms in total. The van der Waals surface area contributed by atoms with E-state index in [-0.39, 0.29) is 0 Å². The minimum absolute atomic E-state index is 0.318. The molecule has 3 rings (SSSR count). The van der Waals surface area contributed by atoms with Crippen LogP contribution in [0, 0.1) is 6.92 Å². The van der Waals surface area contributed by atoms with Crippen LogP contribution in [0.1, 0.15) is 38.7 Å². The Morgan fingerprint density at radius 1 is 1.08 bits per heavy atom. The Bertz CT molecular complexity index is 556. The van der Waals surface area contributed by atoms with Gasteiger partial charge in [0.15, 0.2) is 0 Å². The van der Waals surface area contributed by atoms with Crippen molar-refractivity contribution in [2.45, 2.75) is 52.1 Å². The summed E-state index contributed by atoms with van der Waals surface area (Å²) < 4.78 is 0. The van der Waals surface area contributed by atoms with Crippen LogP contribution in [-0.4, -0.2) is 60.5 Å². The molecule has 0 bridgehead atoms. The van der Waals surface area contributed by atoms with Crippen molar-refractivity contribution in [2.24, 2.45) is 0 Å². The molecule has 2 saturated heterocycles. The number of hydrogen-bond donors (Lipinski definition) is 0. The summed E-state index contributed by atoms with van der Waals surface area (Å²) in [6, 6.07) is 9.49. The van der Waals surface area contributed by atoms with Gasteiger partial charge in [0, 0.05) is 44.0 Å². The summed E-state index contributed by atoms with van der Waals surface area (Å²) in [5.41, 5.74) is 2.61. The summed E-state index contributed by atoms with van der Waals surface area (Å²) in [7, 11) is 0. The average Bonchev–Trinajstić information content (AvgIpc) is 2.55. The third-order valence-corrected chi connectivity index (χ3v) is 5.58. The van der Waals surface area contributed by atoms with Gasteiger partial charge in [-0.15, -0.1) is 0 Å². The highest BCUT2D eigenvalue weighted by molar-refractivity contribution is 5.79. The number of amides is 1. The fourth-order valence-electron chi connectivity index (χ4n) is 4.17. The molecule has 0 aliphatic carbocycles. The van der Waals surface area contributed by atoms with Crippen LogP contribution < -0.4 is 4.90 Å². The standard InChI is InChI=1S/C20H31N3O/c1-16-6-4-9-19(14-16)22-12-10-21(11-13-22)15-20(24)23-17(2)7-5-8-18(23)3/h4,6,9,14,17-18H,5,7-8,10-13,15H2,1-3H3. The van der Waals surface area contributed by atoms with Crippen LogP contribution in [0.15, 0.2) is 24.3 Å². The number of piperazine rings is 1. The highest BCUT2D eigenvalue weighted by Crippen LogP contribution is 2.23. The second kappa shape index (κ2) is 7.56. The number of carbonyl (C=O) groups is 1. The smallest absolute Gasteiger partial charge is 0.237 e. The van der Waals surface area contributed by atoms with Crippen LogP contribution in [0.25, 0.3) is 0 Å². The van der Waals surface area contributed by atoms with Crippen LogP contribution >= 0.6 is 0 Å². The minimum atomic E-state index is 0.318. The summed E-state index contributed by atoms with van der Waals surface area (Å²) in [6.07, 6.45) is 3.55. The van der Waals surface area contributed by atoms with Crippen molar-refractivity contribution in [3.05, 3.63) is 29.8 Å². The average molecular weight is 329 g/mol. The van der Waals surface area contributed by atoms with Crippen molar-refractivity contribution in [1.29, 1.82) is 0 Å². The maximum atomic E-state index is 12.8. The molecule has 2 aliphatic rings. The molecule has 2 atom stereocenters. The summed E-state index contributed by atoms with van der Waals surface area (Å²) in [4.78, 5) is 19.6. The van der Waals surface area contributed by atoms with Gasteiger partial charge in [-0.25, -0.2) is 0 Å². The molecule has 2 heterocycles. The largest absolute Gasteiger partial charge is 0.369 e. The lowest BCUT2D eigenvalue weighted by Crippen LogP contribution is -2.54. The van der Waals surface area contributed by atoms with Gasteiger partial charge in [0.25, 0.3) is 0 Å². The van der Waals surface area contributed by atoms with E-state index in [4.69, 9.17) is 0 Å². The monoisotopic (exact) mass is 329 g/mol. The predicted molar refractivity (Wildman–Crippen MR) is 99.5 cm³/mol. The van der Waals surface area contributed by atoms with E-state index in [1.165, 1.54) is 17.7 Å². The molecule has 0 saturated carbocycles. The molecule has 2 unspecified atom stereocenters. The van der Waals surface area contributed by atoms with Crippen molar-refractivity contribution >= 4 is 11.6 Å². The molecule has 1 aromatic rings. The lowest BCUT2D eigenvalue weighted by molar-refractivity contribution is -0.138. The molecular weight excluding hydrogens is 298 g/mol. The molecule has 1 aromatic carbocycles.